The lowest BCUT2D eigenvalue weighted by molar-refractivity contribution is -0.139. The Bertz CT molecular complexity index is 261. The average molecular weight is 241 g/mol. The van der Waals surface area contributed by atoms with Gasteiger partial charge in [-0.25, -0.2) is 0 Å². The molecular weight excluding hydrogens is 214 g/mol. The van der Waals surface area contributed by atoms with Gasteiger partial charge in [0, 0.05) is 12.6 Å². The highest BCUT2D eigenvalue weighted by Gasteiger charge is 2.32. The molecular formula is C14H27NO2. The van der Waals surface area contributed by atoms with E-state index in [-0.39, 0.29) is 6.54 Å². The molecule has 1 N–H and O–H groups in total. The molecule has 1 aliphatic carbocycles. The Balaban J connectivity index is 2.64. The van der Waals surface area contributed by atoms with Gasteiger partial charge < -0.3 is 5.11 Å². The molecule has 1 aliphatic rings. The molecule has 0 aliphatic heterocycles. The van der Waals surface area contributed by atoms with Crippen LogP contribution >= 0.6 is 0 Å². The molecule has 0 aromatic rings. The van der Waals surface area contributed by atoms with Crippen LogP contribution in [0, 0.1) is 11.3 Å². The Kier molecular flexibility index (Phi) is 4.99. The Morgan fingerprint density at radius 1 is 1.47 bits per heavy atom. The molecule has 0 aromatic carbocycles. The normalized spacial score (nSPS) is 24.2. The van der Waals surface area contributed by atoms with E-state index in [1.807, 2.05) is 0 Å². The van der Waals surface area contributed by atoms with Gasteiger partial charge in [0.25, 0.3) is 0 Å². The van der Waals surface area contributed by atoms with Crippen LogP contribution in [0.15, 0.2) is 0 Å². The molecule has 1 rings (SSSR count). The molecule has 1 fully saturated rings. The Hall–Kier alpha value is -0.570. The third kappa shape index (κ3) is 5.07. The van der Waals surface area contributed by atoms with E-state index in [2.05, 4.69) is 32.6 Å². The van der Waals surface area contributed by atoms with Crippen molar-refractivity contribution < 1.29 is 9.90 Å². The Morgan fingerprint density at radius 2 is 2.12 bits per heavy atom. The van der Waals surface area contributed by atoms with Crippen molar-refractivity contribution in [2.45, 2.75) is 59.4 Å². The summed E-state index contributed by atoms with van der Waals surface area (Å²) in [4.78, 5) is 13.1. The van der Waals surface area contributed by atoms with Crippen LogP contribution < -0.4 is 0 Å². The molecule has 100 valence electrons. The van der Waals surface area contributed by atoms with Gasteiger partial charge in [0.2, 0.25) is 0 Å². The quantitative estimate of drug-likeness (QED) is 0.804. The number of hydrogen-bond acceptors (Lipinski definition) is 2. The number of hydrogen-bond donors (Lipinski definition) is 1. The second-order valence-corrected chi connectivity index (χ2v) is 6.63. The first-order chi connectivity index (χ1) is 7.80. The van der Waals surface area contributed by atoms with E-state index in [4.69, 9.17) is 5.11 Å². The first kappa shape index (κ1) is 14.5. The van der Waals surface area contributed by atoms with Crippen LogP contribution in [0.1, 0.15) is 53.4 Å². The van der Waals surface area contributed by atoms with E-state index in [1.54, 1.807) is 0 Å². The zero-order chi connectivity index (χ0) is 13.1. The molecule has 1 saturated carbocycles. The predicted molar refractivity (Wildman–Crippen MR) is 70.1 cm³/mol. The molecule has 0 amide bonds. The van der Waals surface area contributed by atoms with E-state index >= 15 is 0 Å². The van der Waals surface area contributed by atoms with Crippen molar-refractivity contribution in [2.75, 3.05) is 13.1 Å². The van der Waals surface area contributed by atoms with Crippen LogP contribution in [0.5, 0.6) is 0 Å². The SMILES string of the molecule is CC(C)CN(CC(=O)O)C1CCCC(C)(C)C1. The van der Waals surface area contributed by atoms with Crippen molar-refractivity contribution in [3.05, 3.63) is 0 Å². The van der Waals surface area contributed by atoms with Gasteiger partial charge in [-0.05, 0) is 30.6 Å². The highest BCUT2D eigenvalue weighted by molar-refractivity contribution is 5.69. The Morgan fingerprint density at radius 3 is 2.59 bits per heavy atom. The summed E-state index contributed by atoms with van der Waals surface area (Å²) >= 11 is 0. The van der Waals surface area contributed by atoms with E-state index in [9.17, 15) is 4.79 Å². The lowest BCUT2D eigenvalue weighted by atomic mass is 9.74. The zero-order valence-corrected chi connectivity index (χ0v) is 11.7. The number of carboxylic acid groups (broad SMARTS) is 1. The van der Waals surface area contributed by atoms with Crippen molar-refractivity contribution in [3.8, 4) is 0 Å². The summed E-state index contributed by atoms with van der Waals surface area (Å²) in [5, 5.41) is 9.02. The fraction of sp³-hybridized carbons (Fsp3) is 0.929. The second kappa shape index (κ2) is 5.85. The zero-order valence-electron chi connectivity index (χ0n) is 11.7. The van der Waals surface area contributed by atoms with Gasteiger partial charge in [0.05, 0.1) is 6.54 Å². The summed E-state index contributed by atoms with van der Waals surface area (Å²) in [6.45, 7) is 10.00. The summed E-state index contributed by atoms with van der Waals surface area (Å²) in [6.07, 6.45) is 4.79. The van der Waals surface area contributed by atoms with Crippen LogP contribution in [-0.4, -0.2) is 35.1 Å². The van der Waals surface area contributed by atoms with Gasteiger partial charge in [-0.2, -0.15) is 0 Å². The highest BCUT2D eigenvalue weighted by atomic mass is 16.4. The predicted octanol–water partition coefficient (Wildman–Crippen LogP) is 3.00. The highest BCUT2D eigenvalue weighted by Crippen LogP contribution is 2.37. The standard InChI is InChI=1S/C14H27NO2/c1-11(2)9-15(10-13(16)17)12-6-5-7-14(3,4)8-12/h11-12H,5-10H2,1-4H3,(H,16,17). The van der Waals surface area contributed by atoms with Crippen molar-refractivity contribution >= 4 is 5.97 Å². The Labute approximate surface area is 105 Å². The molecule has 3 nitrogen and oxygen atoms in total. The van der Waals surface area contributed by atoms with Crippen LogP contribution in [0.25, 0.3) is 0 Å². The smallest absolute Gasteiger partial charge is 0.317 e. The lowest BCUT2D eigenvalue weighted by Crippen LogP contribution is -2.45. The molecule has 1 unspecified atom stereocenters. The van der Waals surface area contributed by atoms with Crippen LogP contribution in [-0.2, 0) is 4.79 Å². The number of nitrogens with zero attached hydrogens (tertiary/aromatic N) is 1. The fourth-order valence-corrected chi connectivity index (χ4v) is 2.96. The maximum absolute atomic E-state index is 11.0. The van der Waals surface area contributed by atoms with Crippen LogP contribution in [0.4, 0.5) is 0 Å². The molecule has 0 saturated heterocycles. The van der Waals surface area contributed by atoms with E-state index < -0.39 is 5.97 Å². The number of carboxylic acids is 1. The summed E-state index contributed by atoms with van der Waals surface area (Å²) in [6, 6.07) is 0.456. The summed E-state index contributed by atoms with van der Waals surface area (Å²) in [7, 11) is 0. The molecule has 17 heavy (non-hydrogen) atoms. The van der Waals surface area contributed by atoms with Crippen molar-refractivity contribution in [2.24, 2.45) is 11.3 Å². The van der Waals surface area contributed by atoms with E-state index in [1.165, 1.54) is 12.8 Å². The molecule has 3 heteroatoms. The summed E-state index contributed by atoms with van der Waals surface area (Å²) in [5.41, 5.74) is 0.372. The third-order valence-electron chi connectivity index (χ3n) is 3.63. The maximum atomic E-state index is 11.0. The first-order valence-electron chi connectivity index (χ1n) is 6.76. The summed E-state index contributed by atoms with van der Waals surface area (Å²) < 4.78 is 0. The largest absolute Gasteiger partial charge is 0.480 e. The van der Waals surface area contributed by atoms with Crippen LogP contribution in [0.2, 0.25) is 0 Å². The van der Waals surface area contributed by atoms with E-state index in [0.717, 1.165) is 19.4 Å². The number of rotatable bonds is 5. The van der Waals surface area contributed by atoms with Crippen molar-refractivity contribution in [3.63, 3.8) is 0 Å². The topological polar surface area (TPSA) is 40.5 Å². The number of aliphatic carboxylic acids is 1. The first-order valence-corrected chi connectivity index (χ1v) is 6.76. The van der Waals surface area contributed by atoms with Crippen LogP contribution in [0.3, 0.4) is 0 Å². The van der Waals surface area contributed by atoms with Gasteiger partial charge >= 0.3 is 5.97 Å². The second-order valence-electron chi connectivity index (χ2n) is 6.63. The lowest BCUT2D eigenvalue weighted by Gasteiger charge is -2.41. The fourth-order valence-electron chi connectivity index (χ4n) is 2.96. The van der Waals surface area contributed by atoms with Gasteiger partial charge in [-0.3, -0.25) is 9.69 Å². The minimum absolute atomic E-state index is 0.193. The van der Waals surface area contributed by atoms with Crippen molar-refractivity contribution in [1.29, 1.82) is 0 Å². The molecule has 1 atom stereocenters. The van der Waals surface area contributed by atoms with Gasteiger partial charge in [-0.15, -0.1) is 0 Å². The molecule has 0 spiro atoms. The minimum Gasteiger partial charge on any atom is -0.480 e. The third-order valence-corrected chi connectivity index (χ3v) is 3.63. The van der Waals surface area contributed by atoms with Gasteiger partial charge in [0.1, 0.15) is 0 Å². The summed E-state index contributed by atoms with van der Waals surface area (Å²) in [5.74, 6) is -0.173. The van der Waals surface area contributed by atoms with E-state index in [0.29, 0.717) is 17.4 Å². The maximum Gasteiger partial charge on any atom is 0.317 e. The molecule has 0 radical (unpaired) electrons. The molecule has 0 bridgehead atoms. The molecule has 0 heterocycles. The number of carbonyl (C=O) groups is 1. The monoisotopic (exact) mass is 241 g/mol. The average Bonchev–Trinajstić information content (AvgIpc) is 2.13. The van der Waals surface area contributed by atoms with Gasteiger partial charge in [-0.1, -0.05) is 34.1 Å². The van der Waals surface area contributed by atoms with Crippen molar-refractivity contribution in [1.82, 2.24) is 4.90 Å². The molecule has 0 aromatic heterocycles. The van der Waals surface area contributed by atoms with Gasteiger partial charge in [0.15, 0.2) is 0 Å². The minimum atomic E-state index is -0.700.